The molecule has 0 unspecified atom stereocenters. The monoisotopic (exact) mass is 235 g/mol. The molecule has 0 amide bonds. The molecule has 0 aliphatic heterocycles. The Kier molecular flexibility index (Phi) is 5.09. The van der Waals surface area contributed by atoms with Crippen LogP contribution in [-0.2, 0) is 4.12 Å². The Morgan fingerprint density at radius 3 is 1.77 bits per heavy atom. The second kappa shape index (κ2) is 4.88. The van der Waals surface area contributed by atoms with Crippen LogP contribution in [0, 0.1) is 0 Å². The summed E-state index contributed by atoms with van der Waals surface area (Å²) in [7, 11) is -4.17. The molecule has 0 aliphatic rings. The molecule has 2 nitrogen and oxygen atoms in total. The molecular weight excluding hydrogens is 212 g/mol. The third kappa shape index (κ3) is 4.55. The molecule has 0 aliphatic carbocycles. The summed E-state index contributed by atoms with van der Waals surface area (Å²) < 4.78 is 5.84. The summed E-state index contributed by atoms with van der Waals surface area (Å²) in [4.78, 5) is 9.71. The summed E-state index contributed by atoms with van der Waals surface area (Å²) in [6, 6.07) is 2.55. The minimum absolute atomic E-state index is 0.735. The Morgan fingerprint density at radius 2 is 1.54 bits per heavy atom. The molecule has 0 rings (SSSR count). The van der Waals surface area contributed by atoms with Gasteiger partial charge in [-0.2, -0.15) is 0 Å². The zero-order chi connectivity index (χ0) is 10.7. The van der Waals surface area contributed by atoms with Gasteiger partial charge in [0.2, 0.25) is 0 Å². The molecule has 0 aromatic rings. The zero-order valence-electron chi connectivity index (χ0n) is 9.77. The summed E-state index contributed by atoms with van der Waals surface area (Å²) in [6.07, 6.45) is 0. The zero-order valence-corrected chi connectivity index (χ0v) is 12.8. The van der Waals surface area contributed by atoms with Crippen LogP contribution >= 0.6 is 0 Å². The molecule has 0 heterocycles. The smallest absolute Gasteiger partial charge is 0.318 e. The molecule has 5 heteroatoms. The van der Waals surface area contributed by atoms with Gasteiger partial charge in [0.25, 0.3) is 0 Å². The average Bonchev–Trinajstić information content (AvgIpc) is 2.00. The maximum absolute atomic E-state index is 9.71. The van der Waals surface area contributed by atoms with E-state index < -0.39 is 24.7 Å². The van der Waals surface area contributed by atoms with Gasteiger partial charge in [-0.3, -0.25) is 0 Å². The van der Waals surface area contributed by atoms with Crippen LogP contribution in [-0.4, -0.2) is 29.5 Å². The van der Waals surface area contributed by atoms with Gasteiger partial charge in [-0.15, -0.1) is 0 Å². The molecule has 0 aromatic carbocycles. The highest BCUT2D eigenvalue weighted by atomic mass is 29.2. The van der Waals surface area contributed by atoms with Crippen molar-refractivity contribution < 1.29 is 8.91 Å². The fourth-order valence-corrected chi connectivity index (χ4v) is 14.2. The number of hydrogen-bond acceptors (Lipinski definition) is 2. The Morgan fingerprint density at radius 1 is 1.15 bits per heavy atom. The SMILES string of the molecule is CC[Si](C)(CC)[Si](C)O[Si](C)(C)O. The van der Waals surface area contributed by atoms with Crippen LogP contribution in [0.25, 0.3) is 0 Å². The lowest BCUT2D eigenvalue weighted by molar-refractivity contribution is 0.401. The van der Waals surface area contributed by atoms with E-state index in [4.69, 9.17) is 4.12 Å². The first-order valence-electron chi connectivity index (χ1n) is 5.00. The molecule has 0 aromatic heterocycles. The van der Waals surface area contributed by atoms with Gasteiger partial charge < -0.3 is 8.91 Å². The van der Waals surface area contributed by atoms with Crippen molar-refractivity contribution in [2.75, 3.05) is 0 Å². The van der Waals surface area contributed by atoms with Crippen LogP contribution in [0.1, 0.15) is 13.8 Å². The van der Waals surface area contributed by atoms with Crippen molar-refractivity contribution in [2.45, 2.75) is 52.1 Å². The molecule has 0 saturated heterocycles. The fraction of sp³-hybridized carbons (Fsp3) is 1.00. The maximum atomic E-state index is 9.71. The minimum atomic E-state index is -2.28. The lowest BCUT2D eigenvalue weighted by atomic mass is 10.9. The van der Waals surface area contributed by atoms with Gasteiger partial charge in [0.15, 0.2) is 8.56 Å². The van der Waals surface area contributed by atoms with Crippen LogP contribution in [0.3, 0.4) is 0 Å². The van der Waals surface area contributed by atoms with Crippen molar-refractivity contribution in [1.82, 2.24) is 0 Å². The minimum Gasteiger partial charge on any atom is -0.438 e. The van der Waals surface area contributed by atoms with E-state index in [1.165, 1.54) is 12.1 Å². The predicted octanol–water partition coefficient (Wildman–Crippen LogP) is 2.52. The molecule has 1 N–H and O–H groups in total. The van der Waals surface area contributed by atoms with Crippen LogP contribution in [0.2, 0.25) is 38.3 Å². The highest BCUT2D eigenvalue weighted by molar-refractivity contribution is 7.31. The van der Waals surface area contributed by atoms with Crippen LogP contribution in [0.5, 0.6) is 0 Å². The summed E-state index contributed by atoms with van der Waals surface area (Å²) in [5, 5.41) is 0. The van der Waals surface area contributed by atoms with Gasteiger partial charge in [-0.05, 0) is 19.6 Å². The molecule has 0 bridgehead atoms. The Labute approximate surface area is 86.1 Å². The van der Waals surface area contributed by atoms with Gasteiger partial charge in [0, 0.05) is 0 Å². The van der Waals surface area contributed by atoms with Crippen molar-refractivity contribution in [3.8, 4) is 0 Å². The molecule has 1 radical (unpaired) electrons. The third-order valence-corrected chi connectivity index (χ3v) is 19.0. The summed E-state index contributed by atoms with van der Waals surface area (Å²) in [5.41, 5.74) is 0. The lowest BCUT2D eigenvalue weighted by Crippen LogP contribution is -2.52. The first kappa shape index (κ1) is 13.6. The molecule has 13 heavy (non-hydrogen) atoms. The van der Waals surface area contributed by atoms with E-state index in [2.05, 4.69) is 26.9 Å². The Balaban J connectivity index is 4.31. The van der Waals surface area contributed by atoms with Gasteiger partial charge >= 0.3 is 8.56 Å². The van der Waals surface area contributed by atoms with Crippen LogP contribution < -0.4 is 0 Å². The molecule has 0 spiro atoms. The van der Waals surface area contributed by atoms with Gasteiger partial charge in [0.1, 0.15) is 0 Å². The topological polar surface area (TPSA) is 29.5 Å². The second-order valence-electron chi connectivity index (χ2n) is 4.37. The quantitative estimate of drug-likeness (QED) is 0.742. The third-order valence-electron chi connectivity index (χ3n) is 2.81. The highest BCUT2D eigenvalue weighted by Crippen LogP contribution is 2.20. The Bertz CT molecular complexity index is 152. The van der Waals surface area contributed by atoms with Crippen LogP contribution in [0.4, 0.5) is 0 Å². The Hall–Kier alpha value is 0.571. The van der Waals surface area contributed by atoms with Crippen molar-refractivity contribution in [2.24, 2.45) is 0 Å². The molecule has 0 atom stereocenters. The van der Waals surface area contributed by atoms with E-state index in [-0.39, 0.29) is 0 Å². The van der Waals surface area contributed by atoms with E-state index in [0.717, 1.165) is 0 Å². The number of rotatable bonds is 5. The standard InChI is InChI=1S/C8H23O2Si3/c1-7-13(6,8-2)11(3)10-12(4,5)9/h9H,7-8H2,1-6H3. The van der Waals surface area contributed by atoms with Crippen molar-refractivity contribution >= 4 is 24.7 Å². The van der Waals surface area contributed by atoms with Gasteiger partial charge in [-0.1, -0.05) is 32.5 Å². The van der Waals surface area contributed by atoms with Crippen molar-refractivity contribution in [1.29, 1.82) is 0 Å². The predicted molar refractivity (Wildman–Crippen MR) is 65.0 cm³/mol. The molecule has 79 valence electrons. The van der Waals surface area contributed by atoms with Crippen LogP contribution in [0.15, 0.2) is 0 Å². The maximum Gasteiger partial charge on any atom is 0.318 e. The largest absolute Gasteiger partial charge is 0.438 e. The summed E-state index contributed by atoms with van der Waals surface area (Å²) >= 11 is 0. The van der Waals surface area contributed by atoms with E-state index >= 15 is 0 Å². The van der Waals surface area contributed by atoms with E-state index in [1.807, 2.05) is 13.1 Å². The second-order valence-corrected chi connectivity index (χ2v) is 19.5. The average molecular weight is 236 g/mol. The summed E-state index contributed by atoms with van der Waals surface area (Å²) in [6.45, 7) is 12.9. The highest BCUT2D eigenvalue weighted by Gasteiger charge is 2.37. The number of hydrogen-bond donors (Lipinski definition) is 1. The first-order chi connectivity index (χ1) is 5.75. The molecule has 0 saturated carbocycles. The van der Waals surface area contributed by atoms with Crippen molar-refractivity contribution in [3.05, 3.63) is 0 Å². The summed E-state index contributed by atoms with van der Waals surface area (Å²) in [5.74, 6) is 0. The normalized spacial score (nSPS) is 13.8. The first-order valence-corrected chi connectivity index (χ1v) is 13.7. The fourth-order valence-electron chi connectivity index (χ4n) is 1.25. The molecule has 0 fully saturated rings. The van der Waals surface area contributed by atoms with Gasteiger partial charge in [-0.25, -0.2) is 0 Å². The molecular formula is C8H23O2Si3. The van der Waals surface area contributed by atoms with E-state index in [0.29, 0.717) is 0 Å². The van der Waals surface area contributed by atoms with E-state index in [9.17, 15) is 4.80 Å². The van der Waals surface area contributed by atoms with Crippen molar-refractivity contribution in [3.63, 3.8) is 0 Å². The van der Waals surface area contributed by atoms with E-state index in [1.54, 1.807) is 0 Å². The lowest BCUT2D eigenvalue weighted by Gasteiger charge is -2.33. The van der Waals surface area contributed by atoms with Gasteiger partial charge in [0.05, 0.1) is 7.59 Å².